The van der Waals surface area contributed by atoms with Crippen molar-refractivity contribution in [2.45, 2.75) is 57.0 Å². The number of rotatable bonds is 7. The third kappa shape index (κ3) is 5.29. The maximum Gasteiger partial charge on any atom is 0.338 e. The van der Waals surface area contributed by atoms with E-state index >= 15 is 0 Å². The van der Waals surface area contributed by atoms with Crippen LogP contribution in [0.1, 0.15) is 55.1 Å². The topological polar surface area (TPSA) is 142 Å². The van der Waals surface area contributed by atoms with Crippen LogP contribution < -0.4 is 5.32 Å². The molecule has 2 aromatic rings. The second-order valence-corrected chi connectivity index (χ2v) is 11.8. The van der Waals surface area contributed by atoms with Gasteiger partial charge in [-0.2, -0.15) is 0 Å². The SMILES string of the molecule is C[C@@]1(CO)C[C@H]2[C@H](OC(=O)[C@H](O)[C@@H](NC(=O)c3ccccc3)c3ccccc3)C3=C(C[C@](C)(O)[C@H]2C1)C(=O)OC3. The molecule has 212 valence electrons. The number of aliphatic hydroxyl groups excluding tert-OH is 2. The fraction of sp³-hybridized carbons (Fsp3) is 0.452. The molecule has 5 rings (SSSR count). The first-order chi connectivity index (χ1) is 19.0. The Labute approximate surface area is 232 Å². The molecule has 1 heterocycles. The highest BCUT2D eigenvalue weighted by Crippen LogP contribution is 2.56. The van der Waals surface area contributed by atoms with E-state index < -0.39 is 53.0 Å². The molecular formula is C31H35NO8. The van der Waals surface area contributed by atoms with Crippen LogP contribution in [0.3, 0.4) is 0 Å². The van der Waals surface area contributed by atoms with E-state index in [9.17, 15) is 29.7 Å². The molecular weight excluding hydrogens is 514 g/mol. The van der Waals surface area contributed by atoms with Gasteiger partial charge in [0, 0.05) is 35.7 Å². The lowest BCUT2D eigenvalue weighted by Crippen LogP contribution is -2.45. The van der Waals surface area contributed by atoms with Gasteiger partial charge >= 0.3 is 11.9 Å². The van der Waals surface area contributed by atoms with Crippen LogP contribution in [-0.4, -0.2) is 64.2 Å². The van der Waals surface area contributed by atoms with Crippen LogP contribution in [-0.2, 0) is 19.1 Å². The molecule has 4 N–H and O–H groups in total. The van der Waals surface area contributed by atoms with Crippen LogP contribution in [0.5, 0.6) is 0 Å². The normalized spacial score (nSPS) is 30.9. The minimum absolute atomic E-state index is 0.0419. The maximum absolute atomic E-state index is 13.6. The number of carbonyl (C=O) groups excluding carboxylic acids is 3. The molecule has 1 saturated carbocycles. The molecule has 0 radical (unpaired) electrons. The van der Waals surface area contributed by atoms with Gasteiger partial charge in [0.05, 0.1) is 11.6 Å². The summed E-state index contributed by atoms with van der Waals surface area (Å²) >= 11 is 0. The molecule has 1 aliphatic heterocycles. The quantitative estimate of drug-likeness (QED) is 0.386. The second-order valence-electron chi connectivity index (χ2n) is 11.8. The van der Waals surface area contributed by atoms with Gasteiger partial charge in [0.25, 0.3) is 5.91 Å². The van der Waals surface area contributed by atoms with Gasteiger partial charge in [-0.15, -0.1) is 0 Å². The number of hydrogen-bond acceptors (Lipinski definition) is 8. The number of hydrogen-bond donors (Lipinski definition) is 4. The standard InChI is InChI=1S/C31H35NO8/c1-30(17-33)13-21-23(15-30)31(2,38)14-20-22(16-39-28(20)36)26(21)40-29(37)25(34)24(18-9-5-3-6-10-18)32-27(35)19-11-7-4-8-12-19/h3-12,21,23-26,33-34,38H,13-17H2,1-2H3,(H,32,35)/t21-,23+,24+,25-,26+,30-,31+/m1/s1. The van der Waals surface area contributed by atoms with E-state index in [-0.39, 0.29) is 31.1 Å². The van der Waals surface area contributed by atoms with Crippen molar-refractivity contribution in [3.05, 3.63) is 82.9 Å². The lowest BCUT2D eigenvalue weighted by atomic mass is 9.77. The summed E-state index contributed by atoms with van der Waals surface area (Å²) in [4.78, 5) is 39.2. The van der Waals surface area contributed by atoms with Gasteiger partial charge in [-0.3, -0.25) is 4.79 Å². The largest absolute Gasteiger partial charge is 0.458 e. The van der Waals surface area contributed by atoms with Gasteiger partial charge in [0.15, 0.2) is 6.10 Å². The first kappa shape index (κ1) is 28.0. The molecule has 1 fully saturated rings. The van der Waals surface area contributed by atoms with Crippen LogP contribution in [0.2, 0.25) is 0 Å². The highest BCUT2D eigenvalue weighted by molar-refractivity contribution is 5.95. The van der Waals surface area contributed by atoms with Crippen molar-refractivity contribution in [3.63, 3.8) is 0 Å². The lowest BCUT2D eigenvalue weighted by molar-refractivity contribution is -0.163. The number of cyclic esters (lactones) is 1. The van der Waals surface area contributed by atoms with Crippen molar-refractivity contribution in [1.82, 2.24) is 5.32 Å². The van der Waals surface area contributed by atoms with Crippen LogP contribution in [0, 0.1) is 17.3 Å². The monoisotopic (exact) mass is 549 g/mol. The lowest BCUT2D eigenvalue weighted by Gasteiger charge is -2.35. The van der Waals surface area contributed by atoms with Gasteiger partial charge in [-0.1, -0.05) is 55.5 Å². The number of ether oxygens (including phenoxy) is 2. The number of benzene rings is 2. The van der Waals surface area contributed by atoms with Crippen molar-refractivity contribution < 1.29 is 39.2 Å². The predicted molar refractivity (Wildman–Crippen MR) is 144 cm³/mol. The van der Waals surface area contributed by atoms with Gasteiger partial charge in [0.2, 0.25) is 0 Å². The number of nitrogens with one attached hydrogen (secondary N) is 1. The summed E-state index contributed by atoms with van der Waals surface area (Å²) in [5.41, 5.74) is -0.174. The van der Waals surface area contributed by atoms with Gasteiger partial charge < -0.3 is 30.1 Å². The Morgan fingerprint density at radius 1 is 1.07 bits per heavy atom. The van der Waals surface area contributed by atoms with Crippen molar-refractivity contribution >= 4 is 17.8 Å². The van der Waals surface area contributed by atoms with Crippen molar-refractivity contribution in [3.8, 4) is 0 Å². The average Bonchev–Trinajstić information content (AvgIpc) is 3.48. The Morgan fingerprint density at radius 3 is 2.38 bits per heavy atom. The van der Waals surface area contributed by atoms with Crippen LogP contribution in [0.25, 0.3) is 0 Å². The van der Waals surface area contributed by atoms with E-state index in [0.29, 0.717) is 29.5 Å². The van der Waals surface area contributed by atoms with Gasteiger partial charge in [0.1, 0.15) is 12.7 Å². The number of aliphatic hydroxyl groups is 3. The maximum atomic E-state index is 13.6. The molecule has 0 aromatic heterocycles. The zero-order valence-electron chi connectivity index (χ0n) is 22.6. The predicted octanol–water partition coefficient (Wildman–Crippen LogP) is 2.46. The Kier molecular flexibility index (Phi) is 7.56. The molecule has 3 aliphatic rings. The molecule has 0 bridgehead atoms. The zero-order valence-corrected chi connectivity index (χ0v) is 22.6. The third-order valence-electron chi connectivity index (χ3n) is 8.68. The van der Waals surface area contributed by atoms with Gasteiger partial charge in [-0.25, -0.2) is 9.59 Å². The molecule has 9 nitrogen and oxygen atoms in total. The molecule has 2 aliphatic carbocycles. The Bertz CT molecular complexity index is 1310. The summed E-state index contributed by atoms with van der Waals surface area (Å²) in [6.07, 6.45) is -1.76. The Hall–Kier alpha value is -3.53. The van der Waals surface area contributed by atoms with Gasteiger partial charge in [-0.05, 0) is 48.8 Å². The fourth-order valence-electron chi connectivity index (χ4n) is 6.55. The van der Waals surface area contributed by atoms with Crippen LogP contribution in [0.4, 0.5) is 0 Å². The summed E-state index contributed by atoms with van der Waals surface area (Å²) in [6, 6.07) is 16.0. The number of amides is 1. The highest BCUT2D eigenvalue weighted by atomic mass is 16.6. The summed E-state index contributed by atoms with van der Waals surface area (Å²) in [5.74, 6) is -2.79. The molecule has 0 unspecified atom stereocenters. The first-order valence-corrected chi connectivity index (χ1v) is 13.5. The van der Waals surface area contributed by atoms with E-state index in [0.717, 1.165) is 0 Å². The first-order valence-electron chi connectivity index (χ1n) is 13.5. The second kappa shape index (κ2) is 10.8. The average molecular weight is 550 g/mol. The van der Waals surface area contributed by atoms with E-state index in [2.05, 4.69) is 5.32 Å². The number of esters is 2. The molecule has 40 heavy (non-hydrogen) atoms. The van der Waals surface area contributed by atoms with Crippen molar-refractivity contribution in [1.29, 1.82) is 0 Å². The smallest absolute Gasteiger partial charge is 0.338 e. The fourth-order valence-corrected chi connectivity index (χ4v) is 6.55. The summed E-state index contributed by atoms with van der Waals surface area (Å²) in [7, 11) is 0. The Balaban J connectivity index is 1.46. The van der Waals surface area contributed by atoms with Crippen LogP contribution in [0.15, 0.2) is 71.8 Å². The molecule has 7 atom stereocenters. The number of fused-ring (bicyclic) bond motifs is 1. The van der Waals surface area contributed by atoms with E-state index in [4.69, 9.17) is 9.47 Å². The molecule has 0 saturated heterocycles. The minimum Gasteiger partial charge on any atom is -0.458 e. The third-order valence-corrected chi connectivity index (χ3v) is 8.68. The summed E-state index contributed by atoms with van der Waals surface area (Å²) in [5, 5.41) is 35.7. The van der Waals surface area contributed by atoms with E-state index in [1.165, 1.54) is 0 Å². The summed E-state index contributed by atoms with van der Waals surface area (Å²) < 4.78 is 11.3. The Morgan fingerprint density at radius 2 is 1.73 bits per heavy atom. The molecule has 9 heteroatoms. The molecule has 1 amide bonds. The highest BCUT2D eigenvalue weighted by Gasteiger charge is 2.57. The van der Waals surface area contributed by atoms with Crippen molar-refractivity contribution in [2.24, 2.45) is 17.3 Å². The van der Waals surface area contributed by atoms with Crippen LogP contribution >= 0.6 is 0 Å². The number of carbonyl (C=O) groups is 3. The summed E-state index contributed by atoms with van der Waals surface area (Å²) in [6.45, 7) is 3.39. The van der Waals surface area contributed by atoms with E-state index in [1.54, 1.807) is 67.6 Å². The molecule has 0 spiro atoms. The zero-order chi connectivity index (χ0) is 28.7. The van der Waals surface area contributed by atoms with E-state index in [1.807, 2.05) is 6.92 Å². The molecule has 2 aromatic carbocycles. The van der Waals surface area contributed by atoms with Crippen molar-refractivity contribution in [2.75, 3.05) is 13.2 Å². The minimum atomic E-state index is -1.77.